The van der Waals surface area contributed by atoms with E-state index >= 15 is 0 Å². The number of fused-ring (bicyclic) bond motifs is 1. The van der Waals surface area contributed by atoms with Crippen molar-refractivity contribution in [1.29, 1.82) is 0 Å². The number of carbonyl (C=O) groups excluding carboxylic acids is 1. The molecule has 1 amide bonds. The first-order chi connectivity index (χ1) is 8.20. The average Bonchev–Trinajstić information content (AvgIpc) is 2.29. The van der Waals surface area contributed by atoms with E-state index in [4.69, 9.17) is 0 Å². The monoisotopic (exact) mass is 230 g/mol. The number of hydrogen-bond donors (Lipinski definition) is 1. The Hall–Kier alpha value is -1.35. The Morgan fingerprint density at radius 3 is 2.65 bits per heavy atom. The molecule has 2 unspecified atom stereocenters. The van der Waals surface area contributed by atoms with Gasteiger partial charge < -0.3 is 10.2 Å². The Kier molecular flexibility index (Phi) is 2.44. The molecule has 2 aliphatic rings. The van der Waals surface area contributed by atoms with Gasteiger partial charge in [0, 0.05) is 43.6 Å². The van der Waals surface area contributed by atoms with Crippen LogP contribution in [0.1, 0.15) is 28.8 Å². The highest BCUT2D eigenvalue weighted by atomic mass is 16.2. The number of nitrogens with zero attached hydrogens (tertiary/aromatic N) is 1. The zero-order chi connectivity index (χ0) is 12.0. The minimum atomic E-state index is 0.176. The molecule has 1 fully saturated rings. The lowest BCUT2D eigenvalue weighted by Crippen LogP contribution is -2.58. The summed E-state index contributed by atoms with van der Waals surface area (Å²) in [5.74, 6) is 1.21. The van der Waals surface area contributed by atoms with Gasteiger partial charge in [0.25, 0.3) is 5.91 Å². The van der Waals surface area contributed by atoms with Gasteiger partial charge in [0.05, 0.1) is 0 Å². The van der Waals surface area contributed by atoms with Crippen LogP contribution in [0.15, 0.2) is 24.3 Å². The molecule has 90 valence electrons. The Morgan fingerprint density at radius 1 is 1.29 bits per heavy atom. The Morgan fingerprint density at radius 2 is 2.00 bits per heavy atom. The summed E-state index contributed by atoms with van der Waals surface area (Å²) in [6, 6.07) is 8.37. The maximum Gasteiger partial charge on any atom is 0.254 e. The highest BCUT2D eigenvalue weighted by Crippen LogP contribution is 2.36. The lowest BCUT2D eigenvalue weighted by molar-refractivity contribution is 0.0541. The number of hydrogen-bond acceptors (Lipinski definition) is 2. The number of carbonyl (C=O) groups is 1. The fourth-order valence-corrected chi connectivity index (χ4v) is 3.21. The molecule has 2 aliphatic heterocycles. The van der Waals surface area contributed by atoms with E-state index in [9.17, 15) is 4.79 Å². The van der Waals surface area contributed by atoms with Gasteiger partial charge in [-0.1, -0.05) is 25.1 Å². The molecule has 17 heavy (non-hydrogen) atoms. The summed E-state index contributed by atoms with van der Waals surface area (Å²) < 4.78 is 0. The number of likely N-dealkylation sites (N-methyl/N-ethyl adjacent to an activating group) is 1. The highest BCUT2D eigenvalue weighted by molar-refractivity contribution is 5.97. The molecule has 1 N–H and O–H groups in total. The maximum absolute atomic E-state index is 12.3. The molecular formula is C14H18N2O. The van der Waals surface area contributed by atoms with E-state index < -0.39 is 0 Å². The fourth-order valence-electron chi connectivity index (χ4n) is 3.21. The van der Waals surface area contributed by atoms with Crippen molar-refractivity contribution in [1.82, 2.24) is 10.2 Å². The Labute approximate surface area is 102 Å². The molecule has 0 bridgehead atoms. The summed E-state index contributed by atoms with van der Waals surface area (Å²) in [5, 5.41) is 3.30. The second kappa shape index (κ2) is 3.84. The molecule has 0 radical (unpaired) electrons. The third-order valence-electron chi connectivity index (χ3n) is 4.26. The van der Waals surface area contributed by atoms with E-state index in [1.54, 1.807) is 0 Å². The standard InChI is InChI=1S/C14H18N2O/c1-9-11-5-3-4-6-12(11)14(17)16(2)13(9)10-7-15-8-10/h3-6,9-10,13,15H,7-8H2,1-2H3. The van der Waals surface area contributed by atoms with Crippen molar-refractivity contribution >= 4 is 5.91 Å². The van der Waals surface area contributed by atoms with Gasteiger partial charge in [0.1, 0.15) is 0 Å². The molecule has 3 rings (SSSR count). The summed E-state index contributed by atoms with van der Waals surface area (Å²) >= 11 is 0. The third-order valence-corrected chi connectivity index (χ3v) is 4.26. The first kappa shape index (κ1) is 10.8. The van der Waals surface area contributed by atoms with Crippen LogP contribution in [0.4, 0.5) is 0 Å². The zero-order valence-corrected chi connectivity index (χ0v) is 10.3. The predicted octanol–water partition coefficient (Wildman–Crippen LogP) is 1.46. The van der Waals surface area contributed by atoms with Crippen LogP contribution in [-0.4, -0.2) is 37.0 Å². The van der Waals surface area contributed by atoms with Crippen molar-refractivity contribution in [2.45, 2.75) is 18.9 Å². The van der Waals surface area contributed by atoms with Crippen LogP contribution in [0.25, 0.3) is 0 Å². The Balaban J connectivity index is 2.03. The van der Waals surface area contributed by atoms with E-state index in [0.717, 1.165) is 18.7 Å². The minimum absolute atomic E-state index is 0.176. The molecule has 1 aromatic carbocycles. The molecular weight excluding hydrogens is 212 g/mol. The summed E-state index contributed by atoms with van der Waals surface area (Å²) in [6.07, 6.45) is 0. The second-order valence-corrected chi connectivity index (χ2v) is 5.20. The van der Waals surface area contributed by atoms with Gasteiger partial charge in [-0.05, 0) is 11.6 Å². The van der Waals surface area contributed by atoms with Crippen molar-refractivity contribution < 1.29 is 4.79 Å². The lowest BCUT2D eigenvalue weighted by atomic mass is 9.76. The van der Waals surface area contributed by atoms with Crippen molar-refractivity contribution in [3.8, 4) is 0 Å². The smallest absolute Gasteiger partial charge is 0.254 e. The molecule has 0 aromatic heterocycles. The molecule has 0 aliphatic carbocycles. The van der Waals surface area contributed by atoms with E-state index in [-0.39, 0.29) is 5.91 Å². The molecule has 0 spiro atoms. The van der Waals surface area contributed by atoms with Crippen LogP contribution < -0.4 is 5.32 Å². The van der Waals surface area contributed by atoms with Crippen LogP contribution in [0, 0.1) is 5.92 Å². The molecule has 1 saturated heterocycles. The molecule has 3 heteroatoms. The van der Waals surface area contributed by atoms with Gasteiger partial charge in [-0.15, -0.1) is 0 Å². The van der Waals surface area contributed by atoms with Gasteiger partial charge >= 0.3 is 0 Å². The molecule has 2 atom stereocenters. The molecule has 1 aromatic rings. The average molecular weight is 230 g/mol. The normalized spacial score (nSPS) is 28.8. The number of rotatable bonds is 1. The molecule has 2 heterocycles. The molecule has 0 saturated carbocycles. The van der Waals surface area contributed by atoms with Crippen LogP contribution in [0.2, 0.25) is 0 Å². The quantitative estimate of drug-likeness (QED) is 0.792. The summed E-state index contributed by atoms with van der Waals surface area (Å²) in [5.41, 5.74) is 2.10. The number of amides is 1. The van der Waals surface area contributed by atoms with Crippen LogP contribution in [0.3, 0.4) is 0 Å². The SMILES string of the molecule is CC1c2ccccc2C(=O)N(C)C1C1CNC1. The van der Waals surface area contributed by atoms with E-state index in [2.05, 4.69) is 18.3 Å². The van der Waals surface area contributed by atoms with Gasteiger partial charge in [-0.3, -0.25) is 4.79 Å². The zero-order valence-electron chi connectivity index (χ0n) is 10.3. The first-order valence-electron chi connectivity index (χ1n) is 6.27. The van der Waals surface area contributed by atoms with Gasteiger partial charge in [-0.2, -0.15) is 0 Å². The Bertz CT molecular complexity index is 453. The van der Waals surface area contributed by atoms with Gasteiger partial charge in [0.2, 0.25) is 0 Å². The number of nitrogens with one attached hydrogen (secondary N) is 1. The summed E-state index contributed by atoms with van der Waals surface area (Å²) in [4.78, 5) is 14.3. The second-order valence-electron chi connectivity index (χ2n) is 5.20. The summed E-state index contributed by atoms with van der Waals surface area (Å²) in [7, 11) is 1.94. The van der Waals surface area contributed by atoms with Gasteiger partial charge in [-0.25, -0.2) is 0 Å². The third kappa shape index (κ3) is 1.49. The maximum atomic E-state index is 12.3. The first-order valence-corrected chi connectivity index (χ1v) is 6.27. The van der Waals surface area contributed by atoms with Crippen LogP contribution in [0.5, 0.6) is 0 Å². The van der Waals surface area contributed by atoms with Gasteiger partial charge in [0.15, 0.2) is 0 Å². The highest BCUT2D eigenvalue weighted by Gasteiger charge is 2.41. The van der Waals surface area contributed by atoms with Crippen molar-refractivity contribution in [3.63, 3.8) is 0 Å². The topological polar surface area (TPSA) is 32.3 Å². The predicted molar refractivity (Wildman–Crippen MR) is 67.1 cm³/mol. The van der Waals surface area contributed by atoms with Crippen molar-refractivity contribution in [2.75, 3.05) is 20.1 Å². The number of benzene rings is 1. The van der Waals surface area contributed by atoms with Crippen molar-refractivity contribution in [2.24, 2.45) is 5.92 Å². The lowest BCUT2D eigenvalue weighted by Gasteiger charge is -2.46. The largest absolute Gasteiger partial charge is 0.338 e. The van der Waals surface area contributed by atoms with Crippen LogP contribution >= 0.6 is 0 Å². The van der Waals surface area contributed by atoms with E-state index in [0.29, 0.717) is 17.9 Å². The minimum Gasteiger partial charge on any atom is -0.338 e. The summed E-state index contributed by atoms with van der Waals surface area (Å²) in [6.45, 7) is 4.31. The van der Waals surface area contributed by atoms with Crippen molar-refractivity contribution in [3.05, 3.63) is 35.4 Å². The van der Waals surface area contributed by atoms with Crippen LogP contribution in [-0.2, 0) is 0 Å². The fraction of sp³-hybridized carbons (Fsp3) is 0.500. The van der Waals surface area contributed by atoms with E-state index in [1.807, 2.05) is 30.1 Å². The van der Waals surface area contributed by atoms with E-state index in [1.165, 1.54) is 5.56 Å². The molecule has 3 nitrogen and oxygen atoms in total.